The van der Waals surface area contributed by atoms with Crippen LogP contribution in [0.3, 0.4) is 0 Å². The van der Waals surface area contributed by atoms with E-state index in [1.807, 2.05) is 72.8 Å². The van der Waals surface area contributed by atoms with Crippen molar-refractivity contribution in [1.82, 2.24) is 4.98 Å². The zero-order chi connectivity index (χ0) is 23.8. The number of benzene rings is 3. The van der Waals surface area contributed by atoms with Crippen LogP contribution in [0.1, 0.15) is 28.3 Å². The highest BCUT2D eigenvalue weighted by molar-refractivity contribution is 6.30. The molecule has 1 heterocycles. The van der Waals surface area contributed by atoms with E-state index in [1.165, 1.54) is 0 Å². The first kappa shape index (κ1) is 22.8. The van der Waals surface area contributed by atoms with E-state index in [0.717, 1.165) is 28.3 Å². The van der Waals surface area contributed by atoms with Crippen molar-refractivity contribution in [2.75, 3.05) is 27.2 Å². The number of ether oxygens (including phenoxy) is 1. The first-order valence-corrected chi connectivity index (χ1v) is 11.7. The van der Waals surface area contributed by atoms with E-state index in [4.69, 9.17) is 20.8 Å². The summed E-state index contributed by atoms with van der Waals surface area (Å²) < 4.78 is 12.6. The molecule has 0 amide bonds. The summed E-state index contributed by atoms with van der Waals surface area (Å²) in [5, 5.41) is 15.0. The average molecular weight is 475 g/mol. The number of hydrogen-bond acceptors (Lipinski definition) is 4. The summed E-state index contributed by atoms with van der Waals surface area (Å²) in [6, 6.07) is 23.1. The summed E-state index contributed by atoms with van der Waals surface area (Å²) in [6.07, 6.45) is 1.69. The third-order valence-corrected chi connectivity index (χ3v) is 6.62. The number of quaternary nitrogens is 1. The fourth-order valence-corrected chi connectivity index (χ4v) is 4.68. The molecule has 0 radical (unpaired) electrons. The zero-order valence-electron chi connectivity index (χ0n) is 19.3. The molecular weight excluding hydrogens is 448 g/mol. The largest absolute Gasteiger partial charge is 0.835 e. The van der Waals surface area contributed by atoms with Crippen LogP contribution in [0.2, 0.25) is 5.02 Å². The van der Waals surface area contributed by atoms with Crippen LogP contribution in [0.4, 0.5) is 0 Å². The summed E-state index contributed by atoms with van der Waals surface area (Å²) in [4.78, 5) is 4.46. The molecule has 1 aliphatic carbocycles. The third-order valence-electron chi connectivity index (χ3n) is 6.36. The molecule has 34 heavy (non-hydrogen) atoms. The maximum absolute atomic E-state index is 14.3. The van der Waals surface area contributed by atoms with E-state index >= 15 is 0 Å². The van der Waals surface area contributed by atoms with Gasteiger partial charge in [0.2, 0.25) is 0 Å². The van der Waals surface area contributed by atoms with E-state index in [-0.39, 0.29) is 5.89 Å². The molecule has 174 valence electrons. The Balaban J connectivity index is 1.28. The lowest BCUT2D eigenvalue weighted by Crippen LogP contribution is -2.42. The molecule has 0 unspecified atom stereocenters. The number of oxazole rings is 1. The van der Waals surface area contributed by atoms with Crippen LogP contribution in [-0.4, -0.2) is 36.7 Å². The maximum atomic E-state index is 14.3. The number of halogens is 1. The minimum atomic E-state index is -1.65. The molecule has 3 aromatic carbocycles. The SMILES string of the molecule is C[N+](C)(CCOCc1ccc(Cl)cc1)Cc1cnc(C2([O-])c3ccccc3-c3ccccc32)o1. The Morgan fingerprint density at radius 2 is 1.56 bits per heavy atom. The van der Waals surface area contributed by atoms with Gasteiger partial charge < -0.3 is 18.7 Å². The maximum Gasteiger partial charge on any atom is 0.193 e. The molecule has 5 nitrogen and oxygen atoms in total. The Kier molecular flexibility index (Phi) is 6.04. The molecule has 0 saturated carbocycles. The minimum Gasteiger partial charge on any atom is -0.835 e. The van der Waals surface area contributed by atoms with Crippen LogP contribution in [0.15, 0.2) is 83.4 Å². The van der Waals surface area contributed by atoms with Crippen molar-refractivity contribution in [3.8, 4) is 11.1 Å². The Morgan fingerprint density at radius 1 is 0.941 bits per heavy atom. The Morgan fingerprint density at radius 3 is 2.21 bits per heavy atom. The van der Waals surface area contributed by atoms with Crippen molar-refractivity contribution >= 4 is 11.6 Å². The number of hydrogen-bond donors (Lipinski definition) is 0. The van der Waals surface area contributed by atoms with Gasteiger partial charge in [0.25, 0.3) is 0 Å². The molecule has 0 saturated heterocycles. The molecule has 0 aliphatic heterocycles. The predicted molar refractivity (Wildman–Crippen MR) is 130 cm³/mol. The summed E-state index contributed by atoms with van der Waals surface area (Å²) in [5.41, 5.74) is 2.71. The monoisotopic (exact) mass is 474 g/mol. The van der Waals surface area contributed by atoms with E-state index in [0.29, 0.717) is 41.1 Å². The van der Waals surface area contributed by atoms with E-state index in [9.17, 15) is 5.11 Å². The van der Waals surface area contributed by atoms with Gasteiger partial charge in [-0.15, -0.1) is 0 Å². The molecule has 1 aliphatic rings. The smallest absolute Gasteiger partial charge is 0.193 e. The number of rotatable bonds is 8. The van der Waals surface area contributed by atoms with Gasteiger partial charge in [-0.2, -0.15) is 0 Å². The molecule has 0 bridgehead atoms. The van der Waals surface area contributed by atoms with Crippen molar-refractivity contribution < 1.29 is 18.7 Å². The first-order chi connectivity index (χ1) is 16.4. The van der Waals surface area contributed by atoms with Gasteiger partial charge in [-0.3, -0.25) is 0 Å². The average Bonchev–Trinajstić information content (AvgIpc) is 3.40. The fraction of sp³-hybridized carbons (Fsp3) is 0.250. The van der Waals surface area contributed by atoms with Crippen LogP contribution in [0, 0.1) is 0 Å². The van der Waals surface area contributed by atoms with E-state index in [2.05, 4.69) is 19.1 Å². The van der Waals surface area contributed by atoms with Crippen molar-refractivity contribution in [1.29, 1.82) is 0 Å². The van der Waals surface area contributed by atoms with E-state index < -0.39 is 5.60 Å². The predicted octanol–water partition coefficient (Wildman–Crippen LogP) is 4.75. The highest BCUT2D eigenvalue weighted by Crippen LogP contribution is 2.48. The van der Waals surface area contributed by atoms with Crippen LogP contribution in [0.25, 0.3) is 11.1 Å². The van der Waals surface area contributed by atoms with Gasteiger partial charge in [0.05, 0.1) is 33.5 Å². The molecule has 6 heteroatoms. The molecule has 0 N–H and O–H groups in total. The minimum absolute atomic E-state index is 0.193. The highest BCUT2D eigenvalue weighted by Gasteiger charge is 2.38. The van der Waals surface area contributed by atoms with Gasteiger partial charge in [-0.05, 0) is 39.9 Å². The van der Waals surface area contributed by atoms with Crippen LogP contribution < -0.4 is 5.11 Å². The summed E-state index contributed by atoms with van der Waals surface area (Å²) in [5.74, 6) is 0.883. The van der Waals surface area contributed by atoms with Gasteiger partial charge in [-0.25, -0.2) is 4.98 Å². The second-order valence-corrected chi connectivity index (χ2v) is 9.84. The Hall–Kier alpha value is -2.96. The number of nitrogens with zero attached hydrogens (tertiary/aromatic N) is 2. The number of fused-ring (bicyclic) bond motifs is 3. The van der Waals surface area contributed by atoms with Gasteiger partial charge in [0.1, 0.15) is 13.1 Å². The van der Waals surface area contributed by atoms with Crippen LogP contribution in [0.5, 0.6) is 0 Å². The van der Waals surface area contributed by atoms with Gasteiger partial charge in [0, 0.05) is 10.6 Å². The van der Waals surface area contributed by atoms with Crippen LogP contribution >= 0.6 is 11.6 Å². The lowest BCUT2D eigenvalue weighted by molar-refractivity contribution is -0.905. The molecular formula is C28H27ClN2O3. The van der Waals surface area contributed by atoms with Crippen molar-refractivity contribution in [3.05, 3.63) is 112 Å². The van der Waals surface area contributed by atoms with Crippen LogP contribution in [-0.2, 0) is 23.5 Å². The third kappa shape index (κ3) is 4.28. The van der Waals surface area contributed by atoms with Gasteiger partial charge in [-0.1, -0.05) is 72.3 Å². The second kappa shape index (κ2) is 9.01. The molecule has 4 aromatic rings. The lowest BCUT2D eigenvalue weighted by Gasteiger charge is -2.35. The standard InChI is InChI=1S/C28H27ClN2O3/c1-31(2,15-16-33-19-20-11-13-21(29)14-12-20)18-22-17-30-27(34-22)28(32)25-9-5-3-7-23(25)24-8-4-6-10-26(24)28/h3-14,17H,15-16,18-19H2,1-2H3. The molecule has 5 rings (SSSR count). The summed E-state index contributed by atoms with van der Waals surface area (Å²) >= 11 is 5.93. The molecule has 0 atom stereocenters. The Bertz CT molecular complexity index is 1250. The number of likely N-dealkylation sites (N-methyl/N-ethyl adjacent to an activating group) is 1. The second-order valence-electron chi connectivity index (χ2n) is 9.40. The first-order valence-electron chi connectivity index (χ1n) is 11.4. The summed E-state index contributed by atoms with van der Waals surface area (Å²) in [6.45, 7) is 2.54. The van der Waals surface area contributed by atoms with Gasteiger partial charge in [0.15, 0.2) is 11.7 Å². The molecule has 1 aromatic heterocycles. The quantitative estimate of drug-likeness (QED) is 0.273. The highest BCUT2D eigenvalue weighted by atomic mass is 35.5. The van der Waals surface area contributed by atoms with Gasteiger partial charge >= 0.3 is 0 Å². The molecule has 0 fully saturated rings. The fourth-order valence-electron chi connectivity index (χ4n) is 4.55. The van der Waals surface area contributed by atoms with Crippen molar-refractivity contribution in [2.24, 2.45) is 0 Å². The topological polar surface area (TPSA) is 58.3 Å². The normalized spacial score (nSPS) is 14.1. The number of aromatic nitrogens is 1. The van der Waals surface area contributed by atoms with Crippen molar-refractivity contribution in [2.45, 2.75) is 18.8 Å². The van der Waals surface area contributed by atoms with E-state index in [1.54, 1.807) is 6.20 Å². The zero-order valence-corrected chi connectivity index (χ0v) is 20.1. The Labute approximate surface area is 204 Å². The lowest BCUT2D eigenvalue weighted by atomic mass is 9.91. The summed E-state index contributed by atoms with van der Waals surface area (Å²) in [7, 11) is 4.22. The van der Waals surface area contributed by atoms with Crippen molar-refractivity contribution in [3.63, 3.8) is 0 Å². The molecule has 0 spiro atoms.